The van der Waals surface area contributed by atoms with Gasteiger partial charge in [0.15, 0.2) is 16.7 Å². The number of nitrogens with zero attached hydrogens (tertiary/aromatic N) is 3. The summed E-state index contributed by atoms with van der Waals surface area (Å²) >= 11 is 7.46. The number of carbonyl (C=O) groups excluding carboxylic acids is 5. The van der Waals surface area contributed by atoms with Crippen molar-refractivity contribution in [3.05, 3.63) is 93.8 Å². The molecule has 1 saturated carbocycles. The molecule has 2 aromatic carbocycles. The van der Waals surface area contributed by atoms with Crippen LogP contribution in [0, 0.1) is 11.2 Å². The van der Waals surface area contributed by atoms with Crippen LogP contribution in [0.3, 0.4) is 0 Å². The Bertz CT molecular complexity index is 2300. The van der Waals surface area contributed by atoms with Gasteiger partial charge in [0.25, 0.3) is 5.91 Å². The summed E-state index contributed by atoms with van der Waals surface area (Å²) in [5.74, 6) is -1.41. The highest BCUT2D eigenvalue weighted by atomic mass is 35.5. The van der Waals surface area contributed by atoms with E-state index in [4.69, 9.17) is 35.5 Å². The van der Waals surface area contributed by atoms with Crippen LogP contribution >= 0.6 is 35.3 Å². The summed E-state index contributed by atoms with van der Waals surface area (Å²) in [5.41, 5.74) is 1.56. The van der Waals surface area contributed by atoms with Gasteiger partial charge in [0.2, 0.25) is 23.6 Å². The fourth-order valence-corrected chi connectivity index (χ4v) is 8.98. The molecule has 5 amide bonds. The third-order valence-corrected chi connectivity index (χ3v) is 12.6. The molecule has 1 unspecified atom stereocenters. The Balaban J connectivity index is 0.00000720. The molecule has 20 heteroatoms. The van der Waals surface area contributed by atoms with Crippen LogP contribution in [0.1, 0.15) is 79.4 Å². The molecule has 16 nitrogen and oxygen atoms in total. The zero-order chi connectivity index (χ0) is 45.6. The second kappa shape index (κ2) is 24.5. The first-order chi connectivity index (χ1) is 31.6. The van der Waals surface area contributed by atoms with Gasteiger partial charge in [0, 0.05) is 66.6 Å². The predicted octanol–water partition coefficient (Wildman–Crippen LogP) is 6.78. The lowest BCUT2D eigenvalue weighted by molar-refractivity contribution is -0.137. The van der Waals surface area contributed by atoms with Crippen LogP contribution in [0.5, 0.6) is 5.75 Å². The molecule has 1 atom stereocenters. The molecule has 1 aliphatic carbocycles. The first-order valence-electron chi connectivity index (χ1n) is 21.9. The van der Waals surface area contributed by atoms with E-state index in [0.29, 0.717) is 81.1 Å². The van der Waals surface area contributed by atoms with Crippen molar-refractivity contribution in [1.29, 1.82) is 0 Å². The Labute approximate surface area is 397 Å². The second-order valence-electron chi connectivity index (χ2n) is 16.2. The lowest BCUT2D eigenvalue weighted by Crippen LogP contribution is -2.52. The maximum Gasteiger partial charge on any atom is 0.255 e. The van der Waals surface area contributed by atoms with Crippen LogP contribution in [0.2, 0.25) is 5.02 Å². The Kier molecular flexibility index (Phi) is 18.6. The number of unbranched alkanes of at least 4 members (excludes halogenated alkanes) is 2. The molecule has 7 rings (SSSR count). The Morgan fingerprint density at radius 1 is 0.924 bits per heavy atom. The molecule has 2 aromatic heterocycles. The molecule has 0 radical (unpaired) electrons. The van der Waals surface area contributed by atoms with Gasteiger partial charge in [-0.1, -0.05) is 29.8 Å². The van der Waals surface area contributed by atoms with E-state index in [-0.39, 0.29) is 86.2 Å². The summed E-state index contributed by atoms with van der Waals surface area (Å²) in [6.45, 7) is 2.22. The van der Waals surface area contributed by atoms with Crippen LogP contribution < -0.4 is 26.0 Å². The summed E-state index contributed by atoms with van der Waals surface area (Å²) < 4.78 is 37.4. The number of halogens is 3. The standard InChI is InChI=1S/C46H53ClFN7O9S.ClH/c47-34-9-6-11-37(41(34)48)64-31-15-17-46(18-16-31,27-30-7-4-12-38(51-30)53-45-50-20-26-65-45)44(60)49-19-2-1-3-21-61-22-23-62-24-25-63-29-40(57)52-35-10-5-8-32-33(35)28-55(43(32)59)36-13-14-39(56)54-42(36)58;/h4-12,20,26,31,36H,1-3,13-19,21-25,27-29H2,(H,49,60)(H,52,57)(H,50,51,53)(H,54,56,58);1H. The molecule has 2 aliphatic heterocycles. The van der Waals surface area contributed by atoms with E-state index in [2.05, 4.69) is 26.3 Å². The minimum atomic E-state index is -0.745. The summed E-state index contributed by atoms with van der Waals surface area (Å²) in [6, 6.07) is 14.7. The molecule has 0 bridgehead atoms. The number of imide groups is 1. The maximum absolute atomic E-state index is 14.6. The highest BCUT2D eigenvalue weighted by Gasteiger charge is 2.43. The number of fused-ring (bicyclic) bond motifs is 1. The molecule has 3 aliphatic rings. The number of nitrogens with one attached hydrogen (secondary N) is 4. The number of carbonyl (C=O) groups is 5. The zero-order valence-electron chi connectivity index (χ0n) is 36.3. The third kappa shape index (κ3) is 13.4. The first-order valence-corrected chi connectivity index (χ1v) is 23.2. The number of thiazole rings is 1. The average Bonchev–Trinajstić information content (AvgIpc) is 3.93. The number of hydrogen-bond donors (Lipinski definition) is 4. The van der Waals surface area contributed by atoms with Crippen LogP contribution in [0.4, 0.5) is 21.0 Å². The quantitative estimate of drug-likeness (QED) is 0.0450. The van der Waals surface area contributed by atoms with Crippen LogP contribution in [-0.2, 0) is 46.4 Å². The Morgan fingerprint density at radius 3 is 2.45 bits per heavy atom. The van der Waals surface area contributed by atoms with E-state index in [0.717, 1.165) is 30.1 Å². The van der Waals surface area contributed by atoms with Gasteiger partial charge in [-0.15, -0.1) is 23.7 Å². The average molecular weight is 971 g/mol. The lowest BCUT2D eigenvalue weighted by atomic mass is 9.69. The molecule has 66 heavy (non-hydrogen) atoms. The SMILES string of the molecule is Cl.O=C1CCC(N2Cc3c(NC(=O)COCCOCCOCCCCCNC(=O)C4(Cc5cccc(Nc6nccs6)n5)CCC(Oc5cccc(Cl)c5F)CC4)cccc3C2=O)C(=O)N1. The topological polar surface area (TPSA) is 199 Å². The summed E-state index contributed by atoms with van der Waals surface area (Å²) in [5, 5.41) is 14.1. The minimum absolute atomic E-state index is 0. The highest BCUT2D eigenvalue weighted by molar-refractivity contribution is 7.13. The van der Waals surface area contributed by atoms with E-state index in [1.54, 1.807) is 36.5 Å². The number of benzene rings is 2. The normalized spacial score (nSPS) is 19.1. The lowest BCUT2D eigenvalue weighted by Gasteiger charge is -2.39. The van der Waals surface area contributed by atoms with E-state index in [1.165, 1.54) is 22.3 Å². The van der Waals surface area contributed by atoms with Crippen molar-refractivity contribution >= 4 is 81.5 Å². The van der Waals surface area contributed by atoms with Crippen molar-refractivity contribution in [2.75, 3.05) is 56.8 Å². The third-order valence-electron chi connectivity index (χ3n) is 11.7. The molecule has 0 spiro atoms. The van der Waals surface area contributed by atoms with Crippen molar-refractivity contribution in [1.82, 2.24) is 25.5 Å². The summed E-state index contributed by atoms with van der Waals surface area (Å²) in [4.78, 5) is 74.1. The molecule has 354 valence electrons. The van der Waals surface area contributed by atoms with Crippen LogP contribution in [-0.4, -0.2) is 103 Å². The van der Waals surface area contributed by atoms with Crippen LogP contribution in [0.15, 0.2) is 66.2 Å². The summed E-state index contributed by atoms with van der Waals surface area (Å²) in [6.07, 6.45) is 7.00. The largest absolute Gasteiger partial charge is 0.487 e. The van der Waals surface area contributed by atoms with E-state index < -0.39 is 29.1 Å². The predicted molar refractivity (Wildman–Crippen MR) is 248 cm³/mol. The van der Waals surface area contributed by atoms with Gasteiger partial charge in [-0.3, -0.25) is 29.3 Å². The number of ether oxygens (including phenoxy) is 4. The van der Waals surface area contributed by atoms with Crippen LogP contribution in [0.25, 0.3) is 0 Å². The van der Waals surface area contributed by atoms with E-state index in [9.17, 15) is 28.4 Å². The van der Waals surface area contributed by atoms with Gasteiger partial charge in [0.05, 0.1) is 43.0 Å². The molecular weight excluding hydrogens is 917 g/mol. The van der Waals surface area contributed by atoms with Gasteiger partial charge < -0.3 is 39.8 Å². The summed E-state index contributed by atoms with van der Waals surface area (Å²) in [7, 11) is 0. The van der Waals surface area contributed by atoms with Crippen molar-refractivity contribution < 1.29 is 47.3 Å². The van der Waals surface area contributed by atoms with Gasteiger partial charge in [-0.2, -0.15) is 0 Å². The zero-order valence-corrected chi connectivity index (χ0v) is 38.7. The Morgan fingerprint density at radius 2 is 1.68 bits per heavy atom. The molecule has 2 fully saturated rings. The maximum atomic E-state index is 14.6. The number of aromatic nitrogens is 2. The smallest absolute Gasteiger partial charge is 0.255 e. The van der Waals surface area contributed by atoms with E-state index in [1.807, 2.05) is 23.6 Å². The fraction of sp³-hybridized carbons (Fsp3) is 0.457. The molecular formula is C46H54Cl2FN7O9S. The number of pyridine rings is 1. The fourth-order valence-electron chi connectivity index (χ4n) is 8.28. The van der Waals surface area contributed by atoms with Crippen molar-refractivity contribution in [3.8, 4) is 5.75 Å². The highest BCUT2D eigenvalue weighted by Crippen LogP contribution is 2.41. The number of rotatable bonds is 23. The molecule has 4 heterocycles. The Hall–Kier alpha value is -5.24. The van der Waals surface area contributed by atoms with Crippen molar-refractivity contribution in [2.45, 2.75) is 82.9 Å². The van der Waals surface area contributed by atoms with Crippen molar-refractivity contribution in [2.24, 2.45) is 5.41 Å². The molecule has 4 aromatic rings. The molecule has 4 N–H and O–H groups in total. The van der Waals surface area contributed by atoms with Gasteiger partial charge in [-0.05, 0) is 87.8 Å². The van der Waals surface area contributed by atoms with Crippen molar-refractivity contribution in [3.63, 3.8) is 0 Å². The number of hydrogen-bond acceptors (Lipinski definition) is 13. The second-order valence-corrected chi connectivity index (χ2v) is 17.5. The van der Waals surface area contributed by atoms with Gasteiger partial charge in [0.1, 0.15) is 18.5 Å². The van der Waals surface area contributed by atoms with E-state index >= 15 is 0 Å². The van der Waals surface area contributed by atoms with Gasteiger partial charge in [-0.25, -0.2) is 14.4 Å². The van der Waals surface area contributed by atoms with Gasteiger partial charge >= 0.3 is 0 Å². The number of amides is 5. The monoisotopic (exact) mass is 969 g/mol. The first kappa shape index (κ1) is 50.2. The number of anilines is 3. The number of piperidine rings is 1. The minimum Gasteiger partial charge on any atom is -0.487 e. The molecule has 1 saturated heterocycles.